The Balaban J connectivity index is 3.97. The maximum atomic E-state index is 13.0. The van der Waals surface area contributed by atoms with Gasteiger partial charge in [0.05, 0.1) is 12.3 Å². The number of hydrogen-bond donors (Lipinski definition) is 0. The summed E-state index contributed by atoms with van der Waals surface area (Å²) >= 11 is 0. The summed E-state index contributed by atoms with van der Waals surface area (Å²) in [5, 5.41) is 0. The molecule has 74 valence electrons. The molecule has 0 amide bonds. The fourth-order valence-corrected chi connectivity index (χ4v) is 2.07. The number of halogens is 1. The maximum Gasteiger partial charge on any atom is 0.367 e. The molecule has 0 aromatic heterocycles. The van der Waals surface area contributed by atoms with Crippen molar-refractivity contribution in [2.45, 2.75) is 40.2 Å². The lowest BCUT2D eigenvalue weighted by Gasteiger charge is -2.18. The Kier molecular flexibility index (Phi) is 5.03. The minimum absolute atomic E-state index is 0.0318. The lowest BCUT2D eigenvalue weighted by molar-refractivity contribution is 0.160. The van der Waals surface area contributed by atoms with Crippen LogP contribution in [0, 0.1) is 5.92 Å². The molecular formula is C8H18FO2P. The molecule has 0 fully saturated rings. The van der Waals surface area contributed by atoms with E-state index in [1.165, 1.54) is 0 Å². The van der Waals surface area contributed by atoms with Crippen molar-refractivity contribution >= 4 is 7.68 Å². The first-order chi connectivity index (χ1) is 5.39. The van der Waals surface area contributed by atoms with Crippen molar-refractivity contribution in [1.82, 2.24) is 0 Å². The third-order valence-corrected chi connectivity index (χ3v) is 3.38. The zero-order valence-corrected chi connectivity index (χ0v) is 9.11. The number of rotatable bonds is 5. The molecule has 0 bridgehead atoms. The Labute approximate surface area is 74.1 Å². The van der Waals surface area contributed by atoms with Crippen molar-refractivity contribution < 1.29 is 13.3 Å². The van der Waals surface area contributed by atoms with Gasteiger partial charge in [0.1, 0.15) is 0 Å². The van der Waals surface area contributed by atoms with Crippen LogP contribution in [0.25, 0.3) is 0 Å². The number of hydrogen-bond acceptors (Lipinski definition) is 2. The highest BCUT2D eigenvalue weighted by Gasteiger charge is 2.24. The third-order valence-electron chi connectivity index (χ3n) is 1.75. The van der Waals surface area contributed by atoms with Gasteiger partial charge in [-0.25, -0.2) is 0 Å². The van der Waals surface area contributed by atoms with E-state index in [0.29, 0.717) is 6.42 Å². The fourth-order valence-electron chi connectivity index (χ4n) is 0.690. The molecule has 0 aromatic rings. The van der Waals surface area contributed by atoms with E-state index in [4.69, 9.17) is 4.52 Å². The van der Waals surface area contributed by atoms with Crippen LogP contribution < -0.4 is 0 Å². The lowest BCUT2D eigenvalue weighted by Crippen LogP contribution is -2.13. The first kappa shape index (κ1) is 12.1. The normalized spacial score (nSPS) is 19.2. The molecule has 2 nitrogen and oxygen atoms in total. The summed E-state index contributed by atoms with van der Waals surface area (Å²) in [6, 6.07) is 0. The molecule has 0 aliphatic rings. The molecule has 0 heterocycles. The van der Waals surface area contributed by atoms with E-state index in [1.54, 1.807) is 13.8 Å². The largest absolute Gasteiger partial charge is 0.367 e. The fraction of sp³-hybridized carbons (Fsp3) is 1.00. The molecule has 12 heavy (non-hydrogen) atoms. The minimum atomic E-state index is -3.80. The standard InChI is InChI=1S/C8H18FO2P/c1-5-6-12(9,10)11-8(4)7(2)3/h7-8H,5-6H2,1-4H3. The van der Waals surface area contributed by atoms with E-state index in [1.807, 2.05) is 13.8 Å². The van der Waals surface area contributed by atoms with Gasteiger partial charge in [0.2, 0.25) is 0 Å². The quantitative estimate of drug-likeness (QED) is 0.628. The molecule has 2 unspecified atom stereocenters. The highest BCUT2D eigenvalue weighted by Crippen LogP contribution is 2.50. The summed E-state index contributed by atoms with van der Waals surface area (Å²) in [5.41, 5.74) is 0. The van der Waals surface area contributed by atoms with Crippen LogP contribution in [0.1, 0.15) is 34.1 Å². The summed E-state index contributed by atoms with van der Waals surface area (Å²) < 4.78 is 28.9. The average Bonchev–Trinajstić information content (AvgIpc) is 1.85. The molecule has 0 N–H and O–H groups in total. The van der Waals surface area contributed by atoms with Crippen LogP contribution in [0.2, 0.25) is 0 Å². The third kappa shape index (κ3) is 4.89. The Morgan fingerprint density at radius 2 is 1.92 bits per heavy atom. The second kappa shape index (κ2) is 4.98. The summed E-state index contributed by atoms with van der Waals surface area (Å²) in [5.74, 6) is 0.200. The molecule has 0 aliphatic carbocycles. The van der Waals surface area contributed by atoms with Gasteiger partial charge in [-0.2, -0.15) is 4.20 Å². The van der Waals surface area contributed by atoms with Crippen molar-refractivity contribution in [2.75, 3.05) is 6.16 Å². The smallest absolute Gasteiger partial charge is 0.302 e. The molecule has 2 atom stereocenters. The minimum Gasteiger partial charge on any atom is -0.302 e. The topological polar surface area (TPSA) is 26.3 Å². The van der Waals surface area contributed by atoms with Crippen molar-refractivity contribution in [2.24, 2.45) is 5.92 Å². The van der Waals surface area contributed by atoms with Crippen LogP contribution in [0.4, 0.5) is 4.20 Å². The molecule has 0 saturated carbocycles. The summed E-state index contributed by atoms with van der Waals surface area (Å²) in [7, 11) is -3.80. The Hall–Kier alpha value is 0.120. The summed E-state index contributed by atoms with van der Waals surface area (Å²) in [6.45, 7) is 7.36. The average molecular weight is 196 g/mol. The zero-order valence-electron chi connectivity index (χ0n) is 8.21. The first-order valence-electron chi connectivity index (χ1n) is 4.36. The second-order valence-corrected chi connectivity index (χ2v) is 5.21. The molecule has 0 saturated heterocycles. The molecule has 0 radical (unpaired) electrons. The molecule has 0 aliphatic heterocycles. The van der Waals surface area contributed by atoms with Gasteiger partial charge in [0, 0.05) is 0 Å². The zero-order chi connectivity index (χ0) is 9.78. The summed E-state index contributed by atoms with van der Waals surface area (Å²) in [6.07, 6.45) is 0.315. The lowest BCUT2D eigenvalue weighted by atomic mass is 10.1. The molecular weight excluding hydrogens is 178 g/mol. The van der Waals surface area contributed by atoms with E-state index in [-0.39, 0.29) is 18.2 Å². The second-order valence-electron chi connectivity index (χ2n) is 3.37. The molecule has 0 rings (SSSR count). The monoisotopic (exact) mass is 196 g/mol. The van der Waals surface area contributed by atoms with E-state index >= 15 is 0 Å². The van der Waals surface area contributed by atoms with Crippen LogP contribution in [0.3, 0.4) is 0 Å². The van der Waals surface area contributed by atoms with Crippen molar-refractivity contribution in [1.29, 1.82) is 0 Å². The van der Waals surface area contributed by atoms with Gasteiger partial charge in [-0.1, -0.05) is 20.8 Å². The highest BCUT2D eigenvalue weighted by atomic mass is 31.2. The predicted molar refractivity (Wildman–Crippen MR) is 49.3 cm³/mol. The Bertz CT molecular complexity index is 170. The van der Waals surface area contributed by atoms with Crippen LogP contribution in [-0.4, -0.2) is 12.3 Å². The molecule has 0 aromatic carbocycles. The van der Waals surface area contributed by atoms with Gasteiger partial charge in [0.15, 0.2) is 0 Å². The predicted octanol–water partition coefficient (Wildman–Crippen LogP) is 3.62. The Morgan fingerprint density at radius 3 is 2.25 bits per heavy atom. The van der Waals surface area contributed by atoms with Crippen LogP contribution >= 0.6 is 7.68 Å². The van der Waals surface area contributed by atoms with Gasteiger partial charge in [-0.15, -0.1) is 0 Å². The van der Waals surface area contributed by atoms with Crippen molar-refractivity contribution in [3.05, 3.63) is 0 Å². The first-order valence-corrected chi connectivity index (χ1v) is 6.06. The van der Waals surface area contributed by atoms with Gasteiger partial charge >= 0.3 is 7.68 Å². The van der Waals surface area contributed by atoms with Crippen LogP contribution in [0.5, 0.6) is 0 Å². The molecule has 4 heteroatoms. The van der Waals surface area contributed by atoms with E-state index in [0.717, 1.165) is 0 Å². The van der Waals surface area contributed by atoms with Gasteiger partial charge in [-0.3, -0.25) is 4.57 Å². The van der Waals surface area contributed by atoms with Gasteiger partial charge < -0.3 is 4.52 Å². The van der Waals surface area contributed by atoms with Crippen molar-refractivity contribution in [3.8, 4) is 0 Å². The SMILES string of the molecule is CCCP(=O)(F)OC(C)C(C)C. The van der Waals surface area contributed by atoms with E-state index in [9.17, 15) is 8.76 Å². The van der Waals surface area contributed by atoms with E-state index < -0.39 is 7.68 Å². The van der Waals surface area contributed by atoms with Crippen molar-refractivity contribution in [3.63, 3.8) is 0 Å². The highest BCUT2D eigenvalue weighted by molar-refractivity contribution is 7.53. The van der Waals surface area contributed by atoms with E-state index in [2.05, 4.69) is 0 Å². The van der Waals surface area contributed by atoms with Gasteiger partial charge in [0.25, 0.3) is 0 Å². The maximum absolute atomic E-state index is 13.0. The van der Waals surface area contributed by atoms with Crippen LogP contribution in [0.15, 0.2) is 0 Å². The van der Waals surface area contributed by atoms with Crippen LogP contribution in [-0.2, 0) is 9.09 Å². The summed E-state index contributed by atoms with van der Waals surface area (Å²) in [4.78, 5) is 0. The Morgan fingerprint density at radius 1 is 1.42 bits per heavy atom. The molecule has 0 spiro atoms. The van der Waals surface area contributed by atoms with Gasteiger partial charge in [-0.05, 0) is 19.3 Å².